The first-order valence-corrected chi connectivity index (χ1v) is 7.33. The van der Waals surface area contributed by atoms with Crippen molar-refractivity contribution in [1.82, 2.24) is 5.32 Å². The monoisotopic (exact) mass is 265 g/mol. The summed E-state index contributed by atoms with van der Waals surface area (Å²) >= 11 is 0. The van der Waals surface area contributed by atoms with Gasteiger partial charge in [0.1, 0.15) is 5.82 Å². The molecule has 1 N–H and O–H groups in total. The van der Waals surface area contributed by atoms with Gasteiger partial charge in [-0.05, 0) is 63.3 Å². The van der Waals surface area contributed by atoms with Gasteiger partial charge in [-0.3, -0.25) is 0 Å². The SMILES string of the molecule is CC(Cc1ccc(F)cc1)NCCC1CCCCO1. The summed E-state index contributed by atoms with van der Waals surface area (Å²) < 4.78 is 18.5. The summed E-state index contributed by atoms with van der Waals surface area (Å²) in [7, 11) is 0. The van der Waals surface area contributed by atoms with Gasteiger partial charge in [-0.25, -0.2) is 4.39 Å². The highest BCUT2D eigenvalue weighted by Crippen LogP contribution is 2.15. The van der Waals surface area contributed by atoms with E-state index in [1.54, 1.807) is 0 Å². The number of hydrogen-bond acceptors (Lipinski definition) is 2. The molecule has 19 heavy (non-hydrogen) atoms. The van der Waals surface area contributed by atoms with Crippen molar-refractivity contribution in [3.05, 3.63) is 35.6 Å². The summed E-state index contributed by atoms with van der Waals surface area (Å²) in [4.78, 5) is 0. The van der Waals surface area contributed by atoms with Gasteiger partial charge < -0.3 is 10.1 Å². The summed E-state index contributed by atoms with van der Waals surface area (Å²) in [6.45, 7) is 4.09. The summed E-state index contributed by atoms with van der Waals surface area (Å²) in [5.74, 6) is -0.168. The van der Waals surface area contributed by atoms with E-state index in [0.29, 0.717) is 12.1 Å². The Morgan fingerprint density at radius 2 is 2.11 bits per heavy atom. The lowest BCUT2D eigenvalue weighted by atomic mass is 10.1. The molecule has 0 aromatic heterocycles. The molecule has 1 fully saturated rings. The van der Waals surface area contributed by atoms with Gasteiger partial charge in [0, 0.05) is 12.6 Å². The molecule has 1 heterocycles. The third-order valence-electron chi connectivity index (χ3n) is 3.69. The predicted octanol–water partition coefficient (Wildman–Crippen LogP) is 3.31. The Morgan fingerprint density at radius 1 is 1.32 bits per heavy atom. The zero-order chi connectivity index (χ0) is 13.5. The largest absolute Gasteiger partial charge is 0.378 e. The molecule has 0 aliphatic carbocycles. The van der Waals surface area contributed by atoms with Gasteiger partial charge in [0.15, 0.2) is 0 Å². The van der Waals surface area contributed by atoms with Crippen LogP contribution < -0.4 is 5.32 Å². The molecule has 1 aromatic carbocycles. The average molecular weight is 265 g/mol. The Kier molecular flexibility index (Phi) is 5.80. The maximum Gasteiger partial charge on any atom is 0.123 e. The van der Waals surface area contributed by atoms with E-state index in [4.69, 9.17) is 4.74 Å². The third kappa shape index (κ3) is 5.29. The van der Waals surface area contributed by atoms with Crippen LogP contribution in [0.4, 0.5) is 4.39 Å². The number of hydrogen-bond donors (Lipinski definition) is 1. The van der Waals surface area contributed by atoms with Gasteiger partial charge >= 0.3 is 0 Å². The second kappa shape index (κ2) is 7.61. The van der Waals surface area contributed by atoms with Gasteiger partial charge in [0.2, 0.25) is 0 Å². The second-order valence-electron chi connectivity index (χ2n) is 5.46. The number of benzene rings is 1. The van der Waals surface area contributed by atoms with Crippen molar-refractivity contribution in [3.8, 4) is 0 Å². The van der Waals surface area contributed by atoms with Crippen molar-refractivity contribution in [2.24, 2.45) is 0 Å². The van der Waals surface area contributed by atoms with E-state index in [9.17, 15) is 4.39 Å². The van der Waals surface area contributed by atoms with Crippen molar-refractivity contribution in [3.63, 3.8) is 0 Å². The number of ether oxygens (including phenoxy) is 1. The minimum Gasteiger partial charge on any atom is -0.378 e. The topological polar surface area (TPSA) is 21.3 Å². The summed E-state index contributed by atoms with van der Waals surface area (Å²) in [6.07, 6.45) is 6.19. The molecule has 0 amide bonds. The Morgan fingerprint density at radius 3 is 2.79 bits per heavy atom. The maximum absolute atomic E-state index is 12.8. The minimum absolute atomic E-state index is 0.168. The van der Waals surface area contributed by atoms with Crippen molar-refractivity contribution in [1.29, 1.82) is 0 Å². The third-order valence-corrected chi connectivity index (χ3v) is 3.69. The van der Waals surface area contributed by atoms with E-state index in [-0.39, 0.29) is 5.82 Å². The van der Waals surface area contributed by atoms with Crippen molar-refractivity contribution >= 4 is 0 Å². The zero-order valence-electron chi connectivity index (χ0n) is 11.7. The van der Waals surface area contributed by atoms with Gasteiger partial charge in [0.25, 0.3) is 0 Å². The maximum atomic E-state index is 12.8. The molecular weight excluding hydrogens is 241 g/mol. The molecule has 0 radical (unpaired) electrons. The second-order valence-corrected chi connectivity index (χ2v) is 5.46. The molecule has 0 bridgehead atoms. The molecule has 2 atom stereocenters. The van der Waals surface area contributed by atoms with Gasteiger partial charge in [0.05, 0.1) is 6.10 Å². The predicted molar refractivity (Wildman–Crippen MR) is 75.8 cm³/mol. The molecule has 106 valence electrons. The van der Waals surface area contributed by atoms with Crippen LogP contribution in [0.25, 0.3) is 0 Å². The Hall–Kier alpha value is -0.930. The molecule has 1 saturated heterocycles. The summed E-state index contributed by atoms with van der Waals surface area (Å²) in [5.41, 5.74) is 1.18. The molecule has 0 saturated carbocycles. The fourth-order valence-corrected chi connectivity index (χ4v) is 2.57. The van der Waals surface area contributed by atoms with Gasteiger partial charge in [-0.1, -0.05) is 12.1 Å². The Balaban J connectivity index is 1.63. The van der Waals surface area contributed by atoms with Crippen LogP contribution in [-0.2, 0) is 11.2 Å². The first-order valence-electron chi connectivity index (χ1n) is 7.33. The van der Waals surface area contributed by atoms with Crippen LogP contribution in [0.15, 0.2) is 24.3 Å². The highest BCUT2D eigenvalue weighted by molar-refractivity contribution is 5.16. The fraction of sp³-hybridized carbons (Fsp3) is 0.625. The summed E-state index contributed by atoms with van der Waals surface area (Å²) in [5, 5.41) is 3.52. The lowest BCUT2D eigenvalue weighted by Crippen LogP contribution is -2.32. The van der Waals surface area contributed by atoms with Crippen LogP contribution in [-0.4, -0.2) is 25.3 Å². The smallest absolute Gasteiger partial charge is 0.123 e. The lowest BCUT2D eigenvalue weighted by molar-refractivity contribution is 0.0113. The van der Waals surface area contributed by atoms with Crippen LogP contribution in [0.2, 0.25) is 0 Å². The Labute approximate surface area is 115 Å². The zero-order valence-corrected chi connectivity index (χ0v) is 11.7. The molecule has 1 aromatic rings. The molecule has 3 heteroatoms. The van der Waals surface area contributed by atoms with Crippen molar-refractivity contribution in [2.75, 3.05) is 13.2 Å². The summed E-state index contributed by atoms with van der Waals surface area (Å²) in [6, 6.07) is 7.18. The quantitative estimate of drug-likeness (QED) is 0.852. The molecule has 1 aliphatic heterocycles. The number of rotatable bonds is 6. The number of halogens is 1. The normalized spacial score (nSPS) is 21.3. The molecule has 2 nitrogen and oxygen atoms in total. The molecule has 2 unspecified atom stereocenters. The average Bonchev–Trinajstić information content (AvgIpc) is 2.43. The molecule has 0 spiro atoms. The highest BCUT2D eigenvalue weighted by atomic mass is 19.1. The van der Waals surface area contributed by atoms with Crippen LogP contribution in [0, 0.1) is 5.82 Å². The van der Waals surface area contributed by atoms with Crippen LogP contribution >= 0.6 is 0 Å². The van der Waals surface area contributed by atoms with Crippen LogP contribution in [0.5, 0.6) is 0 Å². The van der Waals surface area contributed by atoms with Crippen molar-refractivity contribution in [2.45, 2.75) is 51.2 Å². The minimum atomic E-state index is -0.168. The highest BCUT2D eigenvalue weighted by Gasteiger charge is 2.13. The van der Waals surface area contributed by atoms with Crippen LogP contribution in [0.1, 0.15) is 38.2 Å². The van der Waals surface area contributed by atoms with E-state index < -0.39 is 0 Å². The van der Waals surface area contributed by atoms with Gasteiger partial charge in [-0.2, -0.15) is 0 Å². The Bertz CT molecular complexity index is 360. The first kappa shape index (κ1) is 14.5. The van der Waals surface area contributed by atoms with E-state index in [2.05, 4.69) is 12.2 Å². The van der Waals surface area contributed by atoms with E-state index in [0.717, 1.165) is 26.0 Å². The fourth-order valence-electron chi connectivity index (χ4n) is 2.57. The molecule has 1 aliphatic rings. The standard InChI is InChI=1S/C16H24FNO/c1-13(12-14-5-7-15(17)8-6-14)18-10-9-16-4-2-3-11-19-16/h5-8,13,16,18H,2-4,9-12H2,1H3. The van der Waals surface area contributed by atoms with E-state index in [1.807, 2.05) is 12.1 Å². The number of nitrogens with one attached hydrogen (secondary N) is 1. The molecule has 2 rings (SSSR count). The van der Waals surface area contributed by atoms with Gasteiger partial charge in [-0.15, -0.1) is 0 Å². The first-order chi connectivity index (χ1) is 9.24. The van der Waals surface area contributed by atoms with E-state index in [1.165, 1.54) is 37.0 Å². The lowest BCUT2D eigenvalue weighted by Gasteiger charge is -2.23. The van der Waals surface area contributed by atoms with Crippen molar-refractivity contribution < 1.29 is 9.13 Å². The van der Waals surface area contributed by atoms with Crippen LogP contribution in [0.3, 0.4) is 0 Å². The van der Waals surface area contributed by atoms with E-state index >= 15 is 0 Å². The molecular formula is C16H24FNO.